The maximum atomic E-state index is 12.1. The van der Waals surface area contributed by atoms with Gasteiger partial charge in [0, 0.05) is 18.5 Å². The van der Waals surface area contributed by atoms with Crippen LogP contribution in [0.15, 0.2) is 0 Å². The first-order chi connectivity index (χ1) is 9.08. The molecule has 2 aliphatic heterocycles. The Kier molecular flexibility index (Phi) is 4.43. The number of amides is 1. The second kappa shape index (κ2) is 6.07. The van der Waals surface area contributed by atoms with Crippen molar-refractivity contribution >= 4 is 11.9 Å². The molecule has 5 heteroatoms. The van der Waals surface area contributed by atoms with Crippen molar-refractivity contribution in [2.75, 3.05) is 13.1 Å². The normalized spacial score (nSPS) is 28.7. The van der Waals surface area contributed by atoms with Crippen molar-refractivity contribution in [1.82, 2.24) is 10.2 Å². The van der Waals surface area contributed by atoms with Gasteiger partial charge in [0.25, 0.3) is 0 Å². The smallest absolute Gasteiger partial charge is 0.323 e. The highest BCUT2D eigenvalue weighted by Crippen LogP contribution is 2.32. The topological polar surface area (TPSA) is 69.6 Å². The van der Waals surface area contributed by atoms with Crippen molar-refractivity contribution in [2.45, 2.75) is 44.2 Å². The van der Waals surface area contributed by atoms with Crippen molar-refractivity contribution in [3.05, 3.63) is 0 Å². The number of hydrogen-bond donors (Lipinski definition) is 2. The number of hydrogen-bond acceptors (Lipinski definition) is 3. The third-order valence-corrected chi connectivity index (χ3v) is 3.99. The van der Waals surface area contributed by atoms with Crippen molar-refractivity contribution < 1.29 is 14.7 Å². The molecule has 104 valence electrons. The van der Waals surface area contributed by atoms with E-state index in [0.717, 1.165) is 12.8 Å². The molecule has 0 aromatic heterocycles. The van der Waals surface area contributed by atoms with Crippen LogP contribution in [0.3, 0.4) is 0 Å². The largest absolute Gasteiger partial charge is 0.480 e. The van der Waals surface area contributed by atoms with E-state index in [2.05, 4.69) is 11.2 Å². The van der Waals surface area contributed by atoms with Gasteiger partial charge in [0.1, 0.15) is 6.54 Å². The standard InChI is InChI=1S/C14H20N2O3/c1-2-5-16(9-14(18)19)13(17)8-10-6-11-3-4-12(7-10)15-11/h1,10-12,15H,3-9H2,(H,18,19). The molecule has 5 nitrogen and oxygen atoms in total. The van der Waals surface area contributed by atoms with Crippen molar-refractivity contribution in [2.24, 2.45) is 5.92 Å². The molecular formula is C14H20N2O3. The number of fused-ring (bicyclic) bond motifs is 2. The number of rotatable bonds is 5. The van der Waals surface area contributed by atoms with Crippen LogP contribution in [-0.2, 0) is 9.59 Å². The Hall–Kier alpha value is -1.54. The highest BCUT2D eigenvalue weighted by molar-refractivity contribution is 5.81. The van der Waals surface area contributed by atoms with E-state index in [-0.39, 0.29) is 19.0 Å². The number of aliphatic carboxylic acids is 1. The quantitative estimate of drug-likeness (QED) is 0.708. The molecule has 0 aromatic carbocycles. The summed E-state index contributed by atoms with van der Waals surface area (Å²) in [5.41, 5.74) is 0. The fourth-order valence-corrected chi connectivity index (χ4v) is 3.22. The molecule has 2 unspecified atom stereocenters. The Morgan fingerprint density at radius 1 is 1.32 bits per heavy atom. The van der Waals surface area contributed by atoms with E-state index >= 15 is 0 Å². The minimum Gasteiger partial charge on any atom is -0.480 e. The number of carbonyl (C=O) groups is 2. The van der Waals surface area contributed by atoms with E-state index < -0.39 is 5.97 Å². The highest BCUT2D eigenvalue weighted by atomic mass is 16.4. The summed E-state index contributed by atoms with van der Waals surface area (Å²) in [4.78, 5) is 24.1. The predicted octanol–water partition coefficient (Wildman–Crippen LogP) is 0.454. The molecule has 0 radical (unpaired) electrons. The summed E-state index contributed by atoms with van der Waals surface area (Å²) < 4.78 is 0. The first-order valence-electron chi connectivity index (χ1n) is 6.77. The second-order valence-corrected chi connectivity index (χ2v) is 5.53. The number of carbonyl (C=O) groups excluding carboxylic acids is 1. The third-order valence-electron chi connectivity index (χ3n) is 3.99. The summed E-state index contributed by atoms with van der Waals surface area (Å²) in [6.45, 7) is -0.232. The zero-order chi connectivity index (χ0) is 13.8. The zero-order valence-electron chi connectivity index (χ0n) is 11.0. The molecule has 2 rings (SSSR count). The molecule has 0 aromatic rings. The molecule has 2 fully saturated rings. The van der Waals surface area contributed by atoms with Gasteiger partial charge in [0.2, 0.25) is 5.91 Å². The molecule has 2 saturated heterocycles. The van der Waals surface area contributed by atoms with Gasteiger partial charge in [-0.1, -0.05) is 5.92 Å². The molecule has 1 amide bonds. The van der Waals surface area contributed by atoms with Gasteiger partial charge in [-0.2, -0.15) is 0 Å². The lowest BCUT2D eigenvalue weighted by Gasteiger charge is -2.30. The van der Waals surface area contributed by atoms with E-state index in [4.69, 9.17) is 11.5 Å². The fourth-order valence-electron chi connectivity index (χ4n) is 3.22. The molecule has 2 atom stereocenters. The predicted molar refractivity (Wildman–Crippen MR) is 70.3 cm³/mol. The maximum Gasteiger partial charge on any atom is 0.323 e. The van der Waals surface area contributed by atoms with Crippen LogP contribution in [0, 0.1) is 18.3 Å². The molecule has 2 bridgehead atoms. The number of terminal acetylenes is 1. The van der Waals surface area contributed by atoms with Gasteiger partial charge in [-0.3, -0.25) is 9.59 Å². The average Bonchev–Trinajstić information content (AvgIpc) is 2.67. The summed E-state index contributed by atoms with van der Waals surface area (Å²) in [6.07, 6.45) is 10.0. The average molecular weight is 264 g/mol. The molecular weight excluding hydrogens is 244 g/mol. The summed E-state index contributed by atoms with van der Waals surface area (Å²) >= 11 is 0. The Labute approximate surface area is 113 Å². The van der Waals surface area contributed by atoms with Gasteiger partial charge in [0.05, 0.1) is 6.54 Å². The van der Waals surface area contributed by atoms with E-state index in [1.165, 1.54) is 17.7 Å². The van der Waals surface area contributed by atoms with Gasteiger partial charge in [-0.15, -0.1) is 6.42 Å². The van der Waals surface area contributed by atoms with Crippen LogP contribution < -0.4 is 5.32 Å². The lowest BCUT2D eigenvalue weighted by atomic mass is 9.89. The number of nitrogens with zero attached hydrogens (tertiary/aromatic N) is 1. The van der Waals surface area contributed by atoms with Gasteiger partial charge < -0.3 is 15.3 Å². The van der Waals surface area contributed by atoms with E-state index in [0.29, 0.717) is 24.4 Å². The van der Waals surface area contributed by atoms with Gasteiger partial charge in [0.15, 0.2) is 0 Å². The zero-order valence-corrected chi connectivity index (χ0v) is 11.0. The number of carboxylic acids is 1. The number of piperidine rings is 1. The Morgan fingerprint density at radius 2 is 1.95 bits per heavy atom. The van der Waals surface area contributed by atoms with Gasteiger partial charge in [-0.25, -0.2) is 0 Å². The van der Waals surface area contributed by atoms with Crippen molar-refractivity contribution in [3.63, 3.8) is 0 Å². The van der Waals surface area contributed by atoms with E-state index in [9.17, 15) is 9.59 Å². The Balaban J connectivity index is 1.88. The van der Waals surface area contributed by atoms with Gasteiger partial charge in [-0.05, 0) is 31.6 Å². The lowest BCUT2D eigenvalue weighted by molar-refractivity contribution is -0.144. The van der Waals surface area contributed by atoms with E-state index in [1.807, 2.05) is 0 Å². The maximum absolute atomic E-state index is 12.1. The summed E-state index contributed by atoms with van der Waals surface area (Å²) in [6, 6.07) is 1.08. The minimum absolute atomic E-state index is 0.0724. The first-order valence-corrected chi connectivity index (χ1v) is 6.77. The monoisotopic (exact) mass is 264 g/mol. The highest BCUT2D eigenvalue weighted by Gasteiger charge is 2.34. The lowest BCUT2D eigenvalue weighted by Crippen LogP contribution is -2.41. The van der Waals surface area contributed by atoms with Crippen molar-refractivity contribution in [1.29, 1.82) is 0 Å². The molecule has 0 saturated carbocycles. The molecule has 2 heterocycles. The van der Waals surface area contributed by atoms with Crippen LogP contribution in [0.4, 0.5) is 0 Å². The number of nitrogens with one attached hydrogen (secondary N) is 1. The first kappa shape index (κ1) is 13.9. The summed E-state index contributed by atoms with van der Waals surface area (Å²) in [5, 5.41) is 12.3. The van der Waals surface area contributed by atoms with Crippen LogP contribution in [0.2, 0.25) is 0 Å². The summed E-state index contributed by atoms with van der Waals surface area (Å²) in [5.74, 6) is 1.56. The summed E-state index contributed by atoms with van der Waals surface area (Å²) in [7, 11) is 0. The Bertz CT molecular complexity index is 390. The molecule has 0 spiro atoms. The van der Waals surface area contributed by atoms with Crippen LogP contribution >= 0.6 is 0 Å². The Morgan fingerprint density at radius 3 is 2.47 bits per heavy atom. The SMILES string of the molecule is C#CCN(CC(=O)O)C(=O)CC1CC2CCC(C1)N2. The number of carboxylic acid groups (broad SMARTS) is 1. The molecule has 2 N–H and O–H groups in total. The van der Waals surface area contributed by atoms with Crippen LogP contribution in [0.5, 0.6) is 0 Å². The van der Waals surface area contributed by atoms with Crippen LogP contribution in [-0.4, -0.2) is 47.1 Å². The van der Waals surface area contributed by atoms with E-state index in [1.54, 1.807) is 0 Å². The van der Waals surface area contributed by atoms with Gasteiger partial charge >= 0.3 is 5.97 Å². The minimum atomic E-state index is -1.02. The third kappa shape index (κ3) is 3.71. The second-order valence-electron chi connectivity index (χ2n) is 5.53. The van der Waals surface area contributed by atoms with Crippen LogP contribution in [0.25, 0.3) is 0 Å². The molecule has 0 aliphatic carbocycles. The molecule has 19 heavy (non-hydrogen) atoms. The van der Waals surface area contributed by atoms with Crippen LogP contribution in [0.1, 0.15) is 32.1 Å². The molecule has 2 aliphatic rings. The fraction of sp³-hybridized carbons (Fsp3) is 0.714. The van der Waals surface area contributed by atoms with Crippen molar-refractivity contribution in [3.8, 4) is 12.3 Å².